The van der Waals surface area contributed by atoms with Gasteiger partial charge in [0.15, 0.2) is 0 Å². The van der Waals surface area contributed by atoms with Crippen LogP contribution in [0, 0.1) is 0 Å². The zero-order valence-corrected chi connectivity index (χ0v) is 14.3. The fourth-order valence-electron chi connectivity index (χ4n) is 2.52. The molecule has 0 aromatic heterocycles. The number of likely N-dealkylation sites (N-methyl/N-ethyl adjacent to an activating group) is 1. The molecule has 0 bridgehead atoms. The summed E-state index contributed by atoms with van der Waals surface area (Å²) in [6.45, 7) is 7.18. The summed E-state index contributed by atoms with van der Waals surface area (Å²) in [6, 6.07) is 16.4. The largest absolute Gasteiger partial charge is 0.461 e. The van der Waals surface area contributed by atoms with Crippen LogP contribution in [0.25, 0.3) is 0 Å². The van der Waals surface area contributed by atoms with E-state index in [0.29, 0.717) is 12.2 Å². The number of rotatable bonds is 8. The fraction of sp³-hybridized carbons (Fsp3) is 0.350. The average molecular weight is 327 g/mol. The molecule has 0 spiro atoms. The van der Waals surface area contributed by atoms with E-state index in [1.807, 2.05) is 30.3 Å². The summed E-state index contributed by atoms with van der Waals surface area (Å²) >= 11 is 0. The maximum absolute atomic E-state index is 12.1. The normalized spacial score (nSPS) is 12.2. The Balaban J connectivity index is 1.92. The summed E-state index contributed by atoms with van der Waals surface area (Å²) in [5.41, 5.74) is 2.08. The second-order valence-electron chi connectivity index (χ2n) is 5.60. The van der Waals surface area contributed by atoms with E-state index in [4.69, 9.17) is 4.74 Å². The molecule has 2 aromatic carbocycles. The average Bonchev–Trinajstić information content (AvgIpc) is 2.65. The SMILES string of the molecule is CCN(CC)CCOC(=O)c1ccc([C@H](O)c2ccccc2)cc1. The first-order valence-corrected chi connectivity index (χ1v) is 8.38. The van der Waals surface area contributed by atoms with Gasteiger partial charge in [-0.25, -0.2) is 4.79 Å². The topological polar surface area (TPSA) is 49.8 Å². The molecule has 2 aromatic rings. The van der Waals surface area contributed by atoms with E-state index < -0.39 is 6.10 Å². The molecule has 128 valence electrons. The molecule has 0 radical (unpaired) electrons. The lowest BCUT2D eigenvalue weighted by atomic mass is 10.0. The Kier molecular flexibility index (Phi) is 6.97. The smallest absolute Gasteiger partial charge is 0.338 e. The first-order chi connectivity index (χ1) is 11.7. The van der Waals surface area contributed by atoms with Crippen LogP contribution in [-0.4, -0.2) is 42.2 Å². The molecule has 24 heavy (non-hydrogen) atoms. The molecule has 0 saturated heterocycles. The summed E-state index contributed by atoms with van der Waals surface area (Å²) in [5.74, 6) is -0.331. The van der Waals surface area contributed by atoms with Crippen molar-refractivity contribution in [3.63, 3.8) is 0 Å². The lowest BCUT2D eigenvalue weighted by Crippen LogP contribution is -2.27. The van der Waals surface area contributed by atoms with E-state index in [9.17, 15) is 9.90 Å². The number of hydrogen-bond donors (Lipinski definition) is 1. The van der Waals surface area contributed by atoms with Gasteiger partial charge in [-0.05, 0) is 36.3 Å². The number of aliphatic hydroxyl groups is 1. The van der Waals surface area contributed by atoms with Gasteiger partial charge in [0.2, 0.25) is 0 Å². The van der Waals surface area contributed by atoms with Crippen LogP contribution in [0.3, 0.4) is 0 Å². The van der Waals surface area contributed by atoms with Crippen LogP contribution < -0.4 is 0 Å². The highest BCUT2D eigenvalue weighted by Gasteiger charge is 2.12. The van der Waals surface area contributed by atoms with Crippen LogP contribution in [-0.2, 0) is 4.74 Å². The second-order valence-corrected chi connectivity index (χ2v) is 5.60. The minimum Gasteiger partial charge on any atom is -0.461 e. The molecule has 0 amide bonds. The summed E-state index contributed by atoms with van der Waals surface area (Å²) in [5, 5.41) is 10.4. The lowest BCUT2D eigenvalue weighted by Gasteiger charge is -2.17. The van der Waals surface area contributed by atoms with E-state index >= 15 is 0 Å². The summed E-state index contributed by atoms with van der Waals surface area (Å²) in [6.07, 6.45) is -0.695. The van der Waals surface area contributed by atoms with Crippen molar-refractivity contribution in [2.75, 3.05) is 26.2 Å². The van der Waals surface area contributed by atoms with Gasteiger partial charge in [0.25, 0.3) is 0 Å². The third-order valence-electron chi connectivity index (χ3n) is 4.11. The molecule has 4 nitrogen and oxygen atoms in total. The van der Waals surface area contributed by atoms with Crippen molar-refractivity contribution >= 4 is 5.97 Å². The van der Waals surface area contributed by atoms with Crippen LogP contribution in [0.15, 0.2) is 54.6 Å². The van der Waals surface area contributed by atoms with Crippen molar-refractivity contribution in [1.29, 1.82) is 0 Å². The lowest BCUT2D eigenvalue weighted by molar-refractivity contribution is 0.0466. The third kappa shape index (κ3) is 4.91. The van der Waals surface area contributed by atoms with Crippen LogP contribution in [0.1, 0.15) is 41.4 Å². The Morgan fingerprint density at radius 1 is 1.00 bits per heavy atom. The first kappa shape index (κ1) is 18.2. The molecule has 0 aliphatic rings. The van der Waals surface area contributed by atoms with E-state index in [1.54, 1.807) is 24.3 Å². The highest BCUT2D eigenvalue weighted by atomic mass is 16.5. The Morgan fingerprint density at radius 2 is 1.58 bits per heavy atom. The molecule has 4 heteroatoms. The monoisotopic (exact) mass is 327 g/mol. The number of carbonyl (C=O) groups excluding carboxylic acids is 1. The van der Waals surface area contributed by atoms with Crippen molar-refractivity contribution in [1.82, 2.24) is 4.90 Å². The maximum Gasteiger partial charge on any atom is 0.338 e. The van der Waals surface area contributed by atoms with E-state index in [-0.39, 0.29) is 5.97 Å². The summed E-state index contributed by atoms with van der Waals surface area (Å²) in [4.78, 5) is 14.3. The van der Waals surface area contributed by atoms with E-state index in [1.165, 1.54) is 0 Å². The van der Waals surface area contributed by atoms with Gasteiger partial charge >= 0.3 is 5.97 Å². The first-order valence-electron chi connectivity index (χ1n) is 8.38. The van der Waals surface area contributed by atoms with Gasteiger partial charge in [-0.15, -0.1) is 0 Å². The van der Waals surface area contributed by atoms with Crippen molar-refractivity contribution in [2.45, 2.75) is 20.0 Å². The number of hydrogen-bond acceptors (Lipinski definition) is 4. The summed E-state index contributed by atoms with van der Waals surface area (Å²) < 4.78 is 5.30. The molecule has 0 unspecified atom stereocenters. The zero-order valence-electron chi connectivity index (χ0n) is 14.3. The summed E-state index contributed by atoms with van der Waals surface area (Å²) in [7, 11) is 0. The number of carbonyl (C=O) groups is 1. The van der Waals surface area contributed by atoms with Gasteiger partial charge in [-0.3, -0.25) is 0 Å². The number of aliphatic hydroxyl groups excluding tert-OH is 1. The fourth-order valence-corrected chi connectivity index (χ4v) is 2.52. The number of benzene rings is 2. The Bertz CT molecular complexity index is 621. The third-order valence-corrected chi connectivity index (χ3v) is 4.11. The molecule has 0 aliphatic carbocycles. The minimum absolute atomic E-state index is 0.331. The van der Waals surface area contributed by atoms with E-state index in [0.717, 1.165) is 30.8 Å². The van der Waals surface area contributed by atoms with Gasteiger partial charge in [-0.1, -0.05) is 56.3 Å². The maximum atomic E-state index is 12.1. The molecule has 0 fully saturated rings. The molecule has 0 saturated carbocycles. The van der Waals surface area contributed by atoms with Crippen molar-refractivity contribution in [3.05, 3.63) is 71.3 Å². The molecule has 0 heterocycles. The molecular weight excluding hydrogens is 302 g/mol. The predicted molar refractivity (Wildman–Crippen MR) is 95.0 cm³/mol. The molecule has 1 N–H and O–H groups in total. The Hall–Kier alpha value is -2.17. The zero-order chi connectivity index (χ0) is 17.4. The van der Waals surface area contributed by atoms with Gasteiger partial charge in [-0.2, -0.15) is 0 Å². The van der Waals surface area contributed by atoms with E-state index in [2.05, 4.69) is 18.7 Å². The quantitative estimate of drug-likeness (QED) is 0.756. The van der Waals surface area contributed by atoms with Gasteiger partial charge in [0.05, 0.1) is 5.56 Å². The van der Waals surface area contributed by atoms with Crippen molar-refractivity contribution < 1.29 is 14.6 Å². The number of esters is 1. The Labute approximate surface area is 143 Å². The second kappa shape index (κ2) is 9.21. The number of ether oxygens (including phenoxy) is 1. The minimum atomic E-state index is -0.695. The van der Waals surface area contributed by atoms with Gasteiger partial charge < -0.3 is 14.7 Å². The van der Waals surface area contributed by atoms with Crippen molar-refractivity contribution in [2.24, 2.45) is 0 Å². The highest BCUT2D eigenvalue weighted by molar-refractivity contribution is 5.89. The standard InChI is InChI=1S/C20H25NO3/c1-3-21(4-2)14-15-24-20(23)18-12-10-17(11-13-18)19(22)16-8-6-5-7-9-16/h5-13,19,22H,3-4,14-15H2,1-2H3/t19-/m1/s1. The Morgan fingerprint density at radius 3 is 2.17 bits per heavy atom. The van der Waals surface area contributed by atoms with Gasteiger partial charge in [0.1, 0.15) is 12.7 Å². The van der Waals surface area contributed by atoms with Crippen molar-refractivity contribution in [3.8, 4) is 0 Å². The molecule has 1 atom stereocenters. The number of nitrogens with zero attached hydrogens (tertiary/aromatic N) is 1. The highest BCUT2D eigenvalue weighted by Crippen LogP contribution is 2.22. The molecule has 0 aliphatic heterocycles. The van der Waals surface area contributed by atoms with Crippen LogP contribution in [0.4, 0.5) is 0 Å². The van der Waals surface area contributed by atoms with Crippen LogP contribution >= 0.6 is 0 Å². The predicted octanol–water partition coefficient (Wildman–Crippen LogP) is 3.27. The molecular formula is C20H25NO3. The van der Waals surface area contributed by atoms with Gasteiger partial charge in [0, 0.05) is 6.54 Å². The van der Waals surface area contributed by atoms with Crippen LogP contribution in [0.5, 0.6) is 0 Å². The molecule has 2 rings (SSSR count). The van der Waals surface area contributed by atoms with Crippen LogP contribution in [0.2, 0.25) is 0 Å².